The van der Waals surface area contributed by atoms with Gasteiger partial charge in [-0.2, -0.15) is 0 Å². The zero-order valence-corrected chi connectivity index (χ0v) is 15.8. The Morgan fingerprint density at radius 2 is 1.96 bits per heavy atom. The topological polar surface area (TPSA) is 77.1 Å². The molecule has 3 rings (SSSR count). The molecule has 2 aromatic heterocycles. The summed E-state index contributed by atoms with van der Waals surface area (Å²) in [6, 6.07) is 13.2. The van der Waals surface area contributed by atoms with Gasteiger partial charge in [0.15, 0.2) is 0 Å². The lowest BCUT2D eigenvalue weighted by atomic mass is 10.1. The lowest BCUT2D eigenvalue weighted by Gasteiger charge is -2.22. The number of carbonyl (C=O) groups excluding carboxylic acids is 1. The van der Waals surface area contributed by atoms with Crippen LogP contribution in [0.4, 0.5) is 5.69 Å². The number of anilines is 1. The van der Waals surface area contributed by atoms with Gasteiger partial charge in [-0.05, 0) is 55.5 Å². The Bertz CT molecular complexity index is 840. The summed E-state index contributed by atoms with van der Waals surface area (Å²) in [6.45, 7) is 6.42. The Kier molecular flexibility index (Phi) is 5.41. The number of benzene rings is 1. The van der Waals surface area contributed by atoms with Gasteiger partial charge in [-0.25, -0.2) is 4.68 Å². The van der Waals surface area contributed by atoms with Gasteiger partial charge in [-0.3, -0.25) is 4.79 Å². The van der Waals surface area contributed by atoms with Crippen LogP contribution in [0, 0.1) is 0 Å². The second kappa shape index (κ2) is 7.74. The first kappa shape index (κ1) is 18.2. The maximum Gasteiger partial charge on any atom is 0.237 e. The summed E-state index contributed by atoms with van der Waals surface area (Å²) in [7, 11) is 0. The van der Waals surface area contributed by atoms with E-state index in [1.165, 1.54) is 11.8 Å². The van der Waals surface area contributed by atoms with Crippen molar-refractivity contribution >= 4 is 23.4 Å². The predicted molar refractivity (Wildman–Crippen MR) is 99.9 cm³/mol. The van der Waals surface area contributed by atoms with Gasteiger partial charge >= 0.3 is 0 Å². The quantitative estimate of drug-likeness (QED) is 0.619. The molecular formula is C18H21N5O2S. The molecule has 0 N–H and O–H groups in total. The van der Waals surface area contributed by atoms with Crippen molar-refractivity contribution in [3.05, 3.63) is 54.5 Å². The first-order valence-electron chi connectivity index (χ1n) is 8.24. The van der Waals surface area contributed by atoms with Crippen LogP contribution in [0.5, 0.6) is 0 Å². The van der Waals surface area contributed by atoms with E-state index >= 15 is 0 Å². The molecule has 0 fully saturated rings. The van der Waals surface area contributed by atoms with Crippen molar-refractivity contribution in [2.75, 3.05) is 10.7 Å². The maximum absolute atomic E-state index is 12.9. The van der Waals surface area contributed by atoms with Gasteiger partial charge in [0.25, 0.3) is 0 Å². The molecule has 0 aliphatic rings. The van der Waals surface area contributed by atoms with E-state index in [4.69, 9.17) is 4.42 Å². The number of furan rings is 1. The Hall–Kier alpha value is -2.61. The van der Waals surface area contributed by atoms with Crippen molar-refractivity contribution in [1.82, 2.24) is 20.2 Å². The molecule has 136 valence electrons. The largest absolute Gasteiger partial charge is 0.467 e. The van der Waals surface area contributed by atoms with Crippen LogP contribution in [-0.4, -0.2) is 31.9 Å². The number of tetrazole rings is 1. The molecule has 0 aliphatic carbocycles. The minimum absolute atomic E-state index is 0.0407. The average molecular weight is 371 g/mol. The molecule has 0 spiro atoms. The fourth-order valence-electron chi connectivity index (χ4n) is 2.38. The fourth-order valence-corrected chi connectivity index (χ4v) is 3.32. The van der Waals surface area contributed by atoms with E-state index in [0.29, 0.717) is 11.7 Å². The molecule has 8 heteroatoms. The summed E-state index contributed by atoms with van der Waals surface area (Å²) in [5, 5.41) is 12.4. The van der Waals surface area contributed by atoms with Gasteiger partial charge in [0.05, 0.1) is 24.1 Å². The molecule has 7 nitrogen and oxygen atoms in total. The van der Waals surface area contributed by atoms with Gasteiger partial charge in [0.2, 0.25) is 11.1 Å². The van der Waals surface area contributed by atoms with Crippen LogP contribution in [0.3, 0.4) is 0 Å². The standard InChI is InChI=1S/C18H21N5O2S/c1-18(2,3)23-17(19-20-21-23)26-13-16(24)22(12-15-10-7-11-25-15)14-8-5-4-6-9-14/h4-11H,12-13H2,1-3H3. The zero-order valence-electron chi connectivity index (χ0n) is 15.0. The first-order valence-corrected chi connectivity index (χ1v) is 9.23. The third-order valence-electron chi connectivity index (χ3n) is 3.66. The molecule has 0 unspecified atom stereocenters. The molecule has 1 amide bonds. The summed E-state index contributed by atoms with van der Waals surface area (Å²) in [5.74, 6) is 0.916. The minimum atomic E-state index is -0.248. The molecule has 2 heterocycles. The Balaban J connectivity index is 1.75. The van der Waals surface area contributed by atoms with Crippen LogP contribution in [-0.2, 0) is 16.9 Å². The van der Waals surface area contributed by atoms with E-state index in [1.54, 1.807) is 15.8 Å². The SMILES string of the molecule is CC(C)(C)n1nnnc1SCC(=O)N(Cc1ccco1)c1ccccc1. The zero-order chi connectivity index (χ0) is 18.6. The number of aromatic nitrogens is 4. The van der Waals surface area contributed by atoms with E-state index < -0.39 is 0 Å². The minimum Gasteiger partial charge on any atom is -0.467 e. The molecule has 3 aromatic rings. The molecular weight excluding hydrogens is 350 g/mol. The highest BCUT2D eigenvalue weighted by Gasteiger charge is 2.23. The van der Waals surface area contributed by atoms with Crippen molar-refractivity contribution in [3.63, 3.8) is 0 Å². The monoisotopic (exact) mass is 371 g/mol. The number of para-hydroxylation sites is 1. The second-order valence-electron chi connectivity index (χ2n) is 6.73. The Morgan fingerprint density at radius 3 is 2.62 bits per heavy atom. The number of thioether (sulfide) groups is 1. The van der Waals surface area contributed by atoms with Crippen LogP contribution in [0.15, 0.2) is 58.3 Å². The van der Waals surface area contributed by atoms with Crippen LogP contribution >= 0.6 is 11.8 Å². The van der Waals surface area contributed by atoms with Gasteiger partial charge < -0.3 is 9.32 Å². The molecule has 0 radical (unpaired) electrons. The Morgan fingerprint density at radius 1 is 1.19 bits per heavy atom. The summed E-state index contributed by atoms with van der Waals surface area (Å²) in [4.78, 5) is 14.6. The highest BCUT2D eigenvalue weighted by atomic mass is 32.2. The van der Waals surface area contributed by atoms with E-state index in [1.807, 2.05) is 63.2 Å². The van der Waals surface area contributed by atoms with Crippen LogP contribution in [0.2, 0.25) is 0 Å². The van der Waals surface area contributed by atoms with E-state index in [2.05, 4.69) is 15.5 Å². The van der Waals surface area contributed by atoms with Gasteiger partial charge in [0, 0.05) is 5.69 Å². The second-order valence-corrected chi connectivity index (χ2v) is 7.67. The number of carbonyl (C=O) groups is 1. The molecule has 0 aliphatic heterocycles. The summed E-state index contributed by atoms with van der Waals surface area (Å²) < 4.78 is 7.14. The molecule has 1 aromatic carbocycles. The van der Waals surface area contributed by atoms with Crippen molar-refractivity contribution in [2.24, 2.45) is 0 Å². The molecule has 26 heavy (non-hydrogen) atoms. The highest BCUT2D eigenvalue weighted by Crippen LogP contribution is 2.24. The van der Waals surface area contributed by atoms with Crippen LogP contribution in [0.25, 0.3) is 0 Å². The van der Waals surface area contributed by atoms with Crippen molar-refractivity contribution in [1.29, 1.82) is 0 Å². The molecule has 0 bridgehead atoms. The van der Waals surface area contributed by atoms with Crippen LogP contribution < -0.4 is 4.90 Å². The highest BCUT2D eigenvalue weighted by molar-refractivity contribution is 7.99. The number of nitrogens with zero attached hydrogens (tertiary/aromatic N) is 5. The summed E-state index contributed by atoms with van der Waals surface area (Å²) >= 11 is 1.33. The van der Waals surface area contributed by atoms with Crippen molar-refractivity contribution in [2.45, 2.75) is 38.0 Å². The van der Waals surface area contributed by atoms with E-state index in [0.717, 1.165) is 11.4 Å². The van der Waals surface area contributed by atoms with Gasteiger partial charge in [-0.1, -0.05) is 30.0 Å². The molecule has 0 saturated heterocycles. The lowest BCUT2D eigenvalue weighted by Crippen LogP contribution is -2.32. The first-order chi connectivity index (χ1) is 12.4. The Labute approximate surface area is 156 Å². The smallest absolute Gasteiger partial charge is 0.237 e. The number of rotatable bonds is 6. The number of hydrogen-bond acceptors (Lipinski definition) is 6. The van der Waals surface area contributed by atoms with E-state index in [9.17, 15) is 4.79 Å². The fraction of sp³-hybridized carbons (Fsp3) is 0.333. The lowest BCUT2D eigenvalue weighted by molar-refractivity contribution is -0.116. The van der Waals surface area contributed by atoms with Crippen molar-refractivity contribution < 1.29 is 9.21 Å². The van der Waals surface area contributed by atoms with E-state index in [-0.39, 0.29) is 17.2 Å². The van der Waals surface area contributed by atoms with Crippen molar-refractivity contribution in [3.8, 4) is 0 Å². The molecule has 0 atom stereocenters. The predicted octanol–water partition coefficient (Wildman–Crippen LogP) is 3.35. The summed E-state index contributed by atoms with van der Waals surface area (Å²) in [5.41, 5.74) is 0.576. The maximum atomic E-state index is 12.9. The molecule has 0 saturated carbocycles. The van der Waals surface area contributed by atoms with Gasteiger partial charge in [0.1, 0.15) is 5.76 Å². The third kappa shape index (κ3) is 4.32. The number of amides is 1. The van der Waals surface area contributed by atoms with Crippen LogP contribution in [0.1, 0.15) is 26.5 Å². The summed E-state index contributed by atoms with van der Waals surface area (Å²) in [6.07, 6.45) is 1.61. The van der Waals surface area contributed by atoms with Gasteiger partial charge in [-0.15, -0.1) is 5.10 Å². The third-order valence-corrected chi connectivity index (χ3v) is 4.57. The average Bonchev–Trinajstić information content (AvgIpc) is 3.29. The number of hydrogen-bond donors (Lipinski definition) is 0. The normalized spacial score (nSPS) is 11.5.